The standard InChI is InChI=1S/C15H22N2O3S/c1-15(2,3)8-14(18)10-17-21(19,20)11-13-7-5-4-6-12(13)9-16/h4-7,14,17-18H,8,10-11H2,1-3H3. The van der Waals surface area contributed by atoms with Crippen molar-refractivity contribution in [3.05, 3.63) is 35.4 Å². The number of nitriles is 1. The maximum absolute atomic E-state index is 12.0. The number of benzene rings is 1. The van der Waals surface area contributed by atoms with Crippen molar-refractivity contribution >= 4 is 10.0 Å². The first-order chi connectivity index (χ1) is 9.63. The van der Waals surface area contributed by atoms with Gasteiger partial charge < -0.3 is 5.11 Å². The van der Waals surface area contributed by atoms with Gasteiger partial charge in [0.1, 0.15) is 0 Å². The summed E-state index contributed by atoms with van der Waals surface area (Å²) in [7, 11) is -3.58. The van der Waals surface area contributed by atoms with E-state index in [0.717, 1.165) is 0 Å². The number of hydrogen-bond acceptors (Lipinski definition) is 4. The Morgan fingerprint density at radius 1 is 1.33 bits per heavy atom. The molecule has 0 aliphatic carbocycles. The lowest BCUT2D eigenvalue weighted by Crippen LogP contribution is -2.35. The first-order valence-electron chi connectivity index (χ1n) is 6.76. The summed E-state index contributed by atoms with van der Waals surface area (Å²) in [5.41, 5.74) is 0.731. The second-order valence-corrected chi connectivity index (χ2v) is 8.10. The van der Waals surface area contributed by atoms with Crippen LogP contribution in [0.2, 0.25) is 0 Å². The largest absolute Gasteiger partial charge is 0.392 e. The van der Waals surface area contributed by atoms with Gasteiger partial charge in [0.2, 0.25) is 10.0 Å². The Kier molecular flexibility index (Phi) is 5.90. The van der Waals surface area contributed by atoms with E-state index in [1.807, 2.05) is 26.8 Å². The molecule has 1 aromatic carbocycles. The van der Waals surface area contributed by atoms with E-state index < -0.39 is 16.1 Å². The van der Waals surface area contributed by atoms with Crippen molar-refractivity contribution in [2.24, 2.45) is 5.41 Å². The van der Waals surface area contributed by atoms with Crippen LogP contribution >= 0.6 is 0 Å². The molecule has 0 bridgehead atoms. The fraction of sp³-hybridized carbons (Fsp3) is 0.533. The topological polar surface area (TPSA) is 90.2 Å². The highest BCUT2D eigenvalue weighted by molar-refractivity contribution is 7.88. The number of nitrogens with one attached hydrogen (secondary N) is 1. The fourth-order valence-electron chi connectivity index (χ4n) is 2.01. The molecule has 0 fully saturated rings. The Balaban J connectivity index is 2.65. The van der Waals surface area contributed by atoms with Gasteiger partial charge in [-0.1, -0.05) is 39.0 Å². The second kappa shape index (κ2) is 7.03. The van der Waals surface area contributed by atoms with Crippen molar-refractivity contribution in [3.63, 3.8) is 0 Å². The summed E-state index contributed by atoms with van der Waals surface area (Å²) in [6, 6.07) is 8.55. The average Bonchev–Trinajstić information content (AvgIpc) is 2.35. The molecule has 0 spiro atoms. The van der Waals surface area contributed by atoms with Crippen LogP contribution in [-0.2, 0) is 15.8 Å². The molecule has 1 aromatic rings. The number of sulfonamides is 1. The SMILES string of the molecule is CC(C)(C)CC(O)CNS(=O)(=O)Cc1ccccc1C#N. The first kappa shape index (κ1) is 17.6. The van der Waals surface area contributed by atoms with Crippen molar-refractivity contribution in [1.29, 1.82) is 5.26 Å². The monoisotopic (exact) mass is 310 g/mol. The number of aliphatic hydroxyl groups is 1. The lowest BCUT2D eigenvalue weighted by Gasteiger charge is -2.22. The van der Waals surface area contributed by atoms with E-state index in [9.17, 15) is 13.5 Å². The zero-order chi connectivity index (χ0) is 16.1. The number of nitrogens with zero attached hydrogens (tertiary/aromatic N) is 1. The zero-order valence-corrected chi connectivity index (χ0v) is 13.4. The second-order valence-electron chi connectivity index (χ2n) is 6.30. The lowest BCUT2D eigenvalue weighted by atomic mass is 9.89. The molecular formula is C15H22N2O3S. The highest BCUT2D eigenvalue weighted by Crippen LogP contribution is 2.20. The molecule has 1 atom stereocenters. The van der Waals surface area contributed by atoms with Crippen LogP contribution in [0.25, 0.3) is 0 Å². The molecule has 0 saturated carbocycles. The van der Waals surface area contributed by atoms with Crippen molar-refractivity contribution in [2.75, 3.05) is 6.54 Å². The van der Waals surface area contributed by atoms with Crippen LogP contribution in [0.3, 0.4) is 0 Å². The van der Waals surface area contributed by atoms with Crippen molar-refractivity contribution < 1.29 is 13.5 Å². The van der Waals surface area contributed by atoms with Gasteiger partial charge in [-0.25, -0.2) is 13.1 Å². The summed E-state index contributed by atoms with van der Waals surface area (Å²) in [6.07, 6.45) is -0.226. The Bertz CT molecular complexity index is 613. The number of rotatable bonds is 6. The van der Waals surface area contributed by atoms with E-state index in [2.05, 4.69) is 4.72 Å². The normalized spacial score (nSPS) is 13.7. The van der Waals surface area contributed by atoms with Gasteiger partial charge in [-0.05, 0) is 23.5 Å². The van der Waals surface area contributed by atoms with Crippen LogP contribution in [0.4, 0.5) is 0 Å². The summed E-state index contributed by atoms with van der Waals surface area (Å²) >= 11 is 0. The average molecular weight is 310 g/mol. The number of hydrogen-bond donors (Lipinski definition) is 2. The third-order valence-corrected chi connectivity index (χ3v) is 4.17. The van der Waals surface area contributed by atoms with Crippen LogP contribution in [0.1, 0.15) is 38.3 Å². The van der Waals surface area contributed by atoms with Crippen molar-refractivity contribution in [1.82, 2.24) is 4.72 Å². The minimum absolute atomic E-state index is 0.0195. The molecule has 0 heterocycles. The van der Waals surface area contributed by atoms with Crippen molar-refractivity contribution in [2.45, 2.75) is 39.0 Å². The molecular weight excluding hydrogens is 288 g/mol. The molecule has 6 heteroatoms. The molecule has 5 nitrogen and oxygen atoms in total. The minimum atomic E-state index is -3.58. The number of aliphatic hydroxyl groups excluding tert-OH is 1. The summed E-state index contributed by atoms with van der Waals surface area (Å²) in [4.78, 5) is 0. The highest BCUT2D eigenvalue weighted by Gasteiger charge is 2.20. The molecule has 0 aliphatic rings. The van der Waals surface area contributed by atoms with Crippen LogP contribution in [0.15, 0.2) is 24.3 Å². The van der Waals surface area contributed by atoms with Gasteiger partial charge in [0.25, 0.3) is 0 Å². The Morgan fingerprint density at radius 3 is 2.52 bits per heavy atom. The highest BCUT2D eigenvalue weighted by atomic mass is 32.2. The van der Waals surface area contributed by atoms with Gasteiger partial charge in [0.15, 0.2) is 0 Å². The zero-order valence-electron chi connectivity index (χ0n) is 12.6. The summed E-state index contributed by atoms with van der Waals surface area (Å²) in [5.74, 6) is -0.265. The Hall–Kier alpha value is -1.42. The molecule has 0 radical (unpaired) electrons. The van der Waals surface area contributed by atoms with E-state index in [4.69, 9.17) is 5.26 Å². The molecule has 0 aliphatic heterocycles. The Morgan fingerprint density at radius 2 is 1.95 bits per heavy atom. The van der Waals surface area contributed by atoms with E-state index in [0.29, 0.717) is 17.5 Å². The van der Waals surface area contributed by atoms with Gasteiger partial charge in [0.05, 0.1) is 23.5 Å². The van der Waals surface area contributed by atoms with Crippen LogP contribution < -0.4 is 4.72 Å². The first-order valence-corrected chi connectivity index (χ1v) is 8.41. The van der Waals surface area contributed by atoms with Crippen LogP contribution in [-0.4, -0.2) is 26.2 Å². The van der Waals surface area contributed by atoms with Gasteiger partial charge in [-0.15, -0.1) is 0 Å². The molecule has 2 N–H and O–H groups in total. The molecule has 1 unspecified atom stereocenters. The summed E-state index contributed by atoms with van der Waals surface area (Å²) < 4.78 is 26.4. The third-order valence-electron chi connectivity index (χ3n) is 2.87. The maximum atomic E-state index is 12.0. The molecule has 0 aromatic heterocycles. The minimum Gasteiger partial charge on any atom is -0.392 e. The predicted molar refractivity (Wildman–Crippen MR) is 81.9 cm³/mol. The smallest absolute Gasteiger partial charge is 0.215 e. The molecule has 0 saturated heterocycles. The van der Waals surface area contributed by atoms with Gasteiger partial charge >= 0.3 is 0 Å². The van der Waals surface area contributed by atoms with Crippen LogP contribution in [0.5, 0.6) is 0 Å². The van der Waals surface area contributed by atoms with E-state index in [1.165, 1.54) is 0 Å². The maximum Gasteiger partial charge on any atom is 0.215 e. The molecule has 21 heavy (non-hydrogen) atoms. The van der Waals surface area contributed by atoms with Crippen LogP contribution in [0, 0.1) is 16.7 Å². The van der Waals surface area contributed by atoms with E-state index in [1.54, 1.807) is 24.3 Å². The van der Waals surface area contributed by atoms with Gasteiger partial charge in [-0.3, -0.25) is 0 Å². The van der Waals surface area contributed by atoms with Gasteiger partial charge in [-0.2, -0.15) is 5.26 Å². The predicted octanol–water partition coefficient (Wildman–Crippen LogP) is 1.77. The molecule has 1 rings (SSSR count). The van der Waals surface area contributed by atoms with Crippen molar-refractivity contribution in [3.8, 4) is 6.07 Å². The van der Waals surface area contributed by atoms with Gasteiger partial charge in [0, 0.05) is 6.54 Å². The Labute approximate surface area is 126 Å². The third kappa shape index (κ3) is 6.71. The molecule has 0 amide bonds. The molecule has 116 valence electrons. The van der Waals surface area contributed by atoms with E-state index in [-0.39, 0.29) is 17.7 Å². The lowest BCUT2D eigenvalue weighted by molar-refractivity contribution is 0.125. The fourth-order valence-corrected chi connectivity index (χ4v) is 3.22. The summed E-state index contributed by atoms with van der Waals surface area (Å²) in [5, 5.41) is 18.8. The van der Waals surface area contributed by atoms with E-state index >= 15 is 0 Å². The quantitative estimate of drug-likeness (QED) is 0.838. The summed E-state index contributed by atoms with van der Waals surface area (Å²) in [6.45, 7) is 5.92.